The number of aryl methyl sites for hydroxylation is 1. The van der Waals surface area contributed by atoms with Gasteiger partial charge in [0.15, 0.2) is 11.5 Å². The molecule has 1 N–H and O–H groups in total. The van der Waals surface area contributed by atoms with Gasteiger partial charge in [0.2, 0.25) is 0 Å². The summed E-state index contributed by atoms with van der Waals surface area (Å²) >= 11 is 6.03. The molecule has 0 radical (unpaired) electrons. The number of esters is 1. The lowest BCUT2D eigenvalue weighted by Crippen LogP contribution is -2.17. The van der Waals surface area contributed by atoms with Crippen LogP contribution >= 0.6 is 11.6 Å². The van der Waals surface area contributed by atoms with Crippen LogP contribution in [0.25, 0.3) is 0 Å². The van der Waals surface area contributed by atoms with Crippen LogP contribution < -0.4 is 14.9 Å². The van der Waals surface area contributed by atoms with Crippen LogP contribution in [0.1, 0.15) is 32.0 Å². The average Bonchev–Trinajstić information content (AvgIpc) is 2.75. The van der Waals surface area contributed by atoms with Crippen molar-refractivity contribution in [1.82, 2.24) is 10.4 Å². The van der Waals surface area contributed by atoms with Crippen molar-refractivity contribution in [3.05, 3.63) is 88.2 Å². The minimum absolute atomic E-state index is 0.231. The number of hydrogen-bond acceptors (Lipinski definition) is 6. The number of halogens is 1. The number of ether oxygens (including phenoxy) is 2. The van der Waals surface area contributed by atoms with Gasteiger partial charge < -0.3 is 9.47 Å². The lowest BCUT2D eigenvalue weighted by molar-refractivity contribution is 0.0729. The van der Waals surface area contributed by atoms with E-state index in [2.05, 4.69) is 15.5 Å². The second-order valence-electron chi connectivity index (χ2n) is 6.17. The second kappa shape index (κ2) is 9.67. The first-order valence-electron chi connectivity index (χ1n) is 8.88. The largest absolute Gasteiger partial charge is 0.493 e. The fourth-order valence-corrected chi connectivity index (χ4v) is 2.68. The summed E-state index contributed by atoms with van der Waals surface area (Å²) in [6.45, 7) is 1.84. The van der Waals surface area contributed by atoms with Crippen molar-refractivity contribution in [2.24, 2.45) is 5.10 Å². The maximum absolute atomic E-state index is 12.3. The number of pyridine rings is 1. The second-order valence-corrected chi connectivity index (χ2v) is 6.57. The third-order valence-electron chi connectivity index (χ3n) is 4.04. The van der Waals surface area contributed by atoms with Crippen LogP contribution in [0.3, 0.4) is 0 Å². The van der Waals surface area contributed by atoms with Crippen molar-refractivity contribution in [3.63, 3.8) is 0 Å². The molecule has 0 aliphatic heterocycles. The first-order valence-corrected chi connectivity index (χ1v) is 9.26. The molecule has 3 rings (SSSR count). The Labute approximate surface area is 178 Å². The third-order valence-corrected chi connectivity index (χ3v) is 4.37. The first kappa shape index (κ1) is 21.0. The summed E-state index contributed by atoms with van der Waals surface area (Å²) in [6.07, 6.45) is 2.92. The maximum Gasteiger partial charge on any atom is 0.345 e. The van der Waals surface area contributed by atoms with E-state index in [0.717, 1.165) is 5.69 Å². The van der Waals surface area contributed by atoms with E-state index in [9.17, 15) is 9.59 Å². The Balaban J connectivity index is 1.68. The van der Waals surface area contributed by atoms with Gasteiger partial charge in [0.25, 0.3) is 5.91 Å². The van der Waals surface area contributed by atoms with E-state index in [0.29, 0.717) is 21.9 Å². The van der Waals surface area contributed by atoms with Crippen molar-refractivity contribution >= 4 is 29.7 Å². The van der Waals surface area contributed by atoms with Gasteiger partial charge in [-0.3, -0.25) is 9.78 Å². The number of carbonyl (C=O) groups is 2. The topological polar surface area (TPSA) is 89.9 Å². The minimum atomic E-state index is -0.598. The predicted octanol–water partition coefficient (Wildman–Crippen LogP) is 4.04. The van der Waals surface area contributed by atoms with E-state index < -0.39 is 5.97 Å². The number of aromatic nitrogens is 1. The van der Waals surface area contributed by atoms with Crippen molar-refractivity contribution < 1.29 is 19.1 Å². The molecular formula is C22H18ClN3O4. The van der Waals surface area contributed by atoms with Gasteiger partial charge in [-0.05, 0) is 55.0 Å². The molecule has 7 nitrogen and oxygen atoms in total. The molecule has 0 unspecified atom stereocenters. The highest BCUT2D eigenvalue weighted by Crippen LogP contribution is 2.29. The number of amides is 1. The minimum Gasteiger partial charge on any atom is -0.493 e. The number of hydrogen-bond donors (Lipinski definition) is 1. The van der Waals surface area contributed by atoms with Crippen LogP contribution in [0.4, 0.5) is 0 Å². The molecule has 0 spiro atoms. The van der Waals surface area contributed by atoms with Gasteiger partial charge >= 0.3 is 5.97 Å². The lowest BCUT2D eigenvalue weighted by atomic mass is 10.2. The zero-order chi connectivity index (χ0) is 21.5. The van der Waals surface area contributed by atoms with E-state index in [1.165, 1.54) is 19.5 Å². The first-order chi connectivity index (χ1) is 14.5. The number of nitrogens with zero attached hydrogens (tertiary/aromatic N) is 2. The molecule has 1 heterocycles. The van der Waals surface area contributed by atoms with Crippen LogP contribution in [0.5, 0.6) is 11.5 Å². The molecule has 3 aromatic rings. The Bertz CT molecular complexity index is 1100. The number of benzene rings is 2. The zero-order valence-corrected chi connectivity index (χ0v) is 17.0. The predicted molar refractivity (Wildman–Crippen MR) is 113 cm³/mol. The molecule has 0 saturated carbocycles. The molecule has 0 bridgehead atoms. The molecule has 0 saturated heterocycles. The molecule has 30 heavy (non-hydrogen) atoms. The molecule has 2 aromatic carbocycles. The fraction of sp³-hybridized carbons (Fsp3) is 0.0909. The Kier molecular flexibility index (Phi) is 6.77. The Morgan fingerprint density at radius 2 is 1.90 bits per heavy atom. The molecule has 0 fully saturated rings. The smallest absolute Gasteiger partial charge is 0.345 e. The van der Waals surface area contributed by atoms with Crippen LogP contribution in [-0.2, 0) is 0 Å². The number of hydrazone groups is 1. The van der Waals surface area contributed by atoms with E-state index >= 15 is 0 Å². The molecular weight excluding hydrogens is 406 g/mol. The molecule has 8 heteroatoms. The summed E-state index contributed by atoms with van der Waals surface area (Å²) in [5, 5.41) is 4.23. The highest BCUT2D eigenvalue weighted by molar-refractivity contribution is 6.33. The van der Waals surface area contributed by atoms with Gasteiger partial charge in [-0.25, -0.2) is 10.2 Å². The Morgan fingerprint density at radius 3 is 2.60 bits per heavy atom. The van der Waals surface area contributed by atoms with Crippen molar-refractivity contribution in [2.75, 3.05) is 7.11 Å². The van der Waals surface area contributed by atoms with Gasteiger partial charge in [0.1, 0.15) is 0 Å². The van der Waals surface area contributed by atoms with E-state index in [-0.39, 0.29) is 17.2 Å². The Morgan fingerprint density at radius 1 is 1.10 bits per heavy atom. The molecule has 1 aromatic heterocycles. The lowest BCUT2D eigenvalue weighted by Gasteiger charge is -2.10. The molecule has 1 amide bonds. The number of rotatable bonds is 6. The van der Waals surface area contributed by atoms with Gasteiger partial charge in [-0.1, -0.05) is 23.7 Å². The summed E-state index contributed by atoms with van der Waals surface area (Å²) < 4.78 is 10.7. The monoisotopic (exact) mass is 423 g/mol. The van der Waals surface area contributed by atoms with Crippen molar-refractivity contribution in [3.8, 4) is 11.5 Å². The van der Waals surface area contributed by atoms with Gasteiger partial charge in [-0.15, -0.1) is 0 Å². The number of methoxy groups -OCH3 is 1. The summed E-state index contributed by atoms with van der Waals surface area (Å²) in [6, 6.07) is 14.9. The standard InChI is InChI=1S/C22H18ClN3O4/c1-14-7-9-16(13-24-14)21(27)26-25-12-15-8-10-19(20(11-15)29-2)30-22(28)17-5-3-4-6-18(17)23/h3-13H,1-2H3,(H,26,27). The highest BCUT2D eigenvalue weighted by atomic mass is 35.5. The maximum atomic E-state index is 12.3. The van der Waals surface area contributed by atoms with Crippen molar-refractivity contribution in [2.45, 2.75) is 6.92 Å². The van der Waals surface area contributed by atoms with Crippen LogP contribution in [-0.4, -0.2) is 30.2 Å². The summed E-state index contributed by atoms with van der Waals surface area (Å²) in [5.74, 6) is -0.418. The van der Waals surface area contributed by atoms with Crippen molar-refractivity contribution in [1.29, 1.82) is 0 Å². The SMILES string of the molecule is COc1cc(C=NNC(=O)c2ccc(C)nc2)ccc1OC(=O)c1ccccc1Cl. The Hall–Kier alpha value is -3.71. The molecule has 0 aliphatic carbocycles. The van der Waals surface area contributed by atoms with Gasteiger partial charge in [-0.2, -0.15) is 5.10 Å². The molecule has 152 valence electrons. The van der Waals surface area contributed by atoms with Gasteiger partial charge in [0, 0.05) is 11.9 Å². The van der Waals surface area contributed by atoms with E-state index in [1.54, 1.807) is 54.6 Å². The normalized spacial score (nSPS) is 10.6. The van der Waals surface area contributed by atoms with E-state index in [1.807, 2.05) is 6.92 Å². The number of nitrogens with one attached hydrogen (secondary N) is 1. The summed E-state index contributed by atoms with van der Waals surface area (Å²) in [7, 11) is 1.45. The fourth-order valence-electron chi connectivity index (χ4n) is 2.46. The van der Waals surface area contributed by atoms with Crippen LogP contribution in [0.2, 0.25) is 5.02 Å². The number of carbonyl (C=O) groups excluding carboxylic acids is 2. The molecule has 0 atom stereocenters. The van der Waals surface area contributed by atoms with Crippen LogP contribution in [0, 0.1) is 6.92 Å². The zero-order valence-electron chi connectivity index (χ0n) is 16.3. The summed E-state index contributed by atoms with van der Waals surface area (Å²) in [4.78, 5) is 28.5. The van der Waals surface area contributed by atoms with Crippen LogP contribution in [0.15, 0.2) is 65.9 Å². The third kappa shape index (κ3) is 5.21. The highest BCUT2D eigenvalue weighted by Gasteiger charge is 2.15. The summed E-state index contributed by atoms with van der Waals surface area (Å²) in [5.41, 5.74) is 4.53. The van der Waals surface area contributed by atoms with Gasteiger partial charge in [0.05, 0.1) is 29.5 Å². The average molecular weight is 424 g/mol. The quantitative estimate of drug-likeness (QED) is 0.280. The molecule has 0 aliphatic rings. The van der Waals surface area contributed by atoms with E-state index in [4.69, 9.17) is 21.1 Å².